The van der Waals surface area contributed by atoms with Crippen molar-refractivity contribution in [2.45, 2.75) is 68.3 Å². The van der Waals surface area contributed by atoms with Crippen LogP contribution in [0.5, 0.6) is 0 Å². The van der Waals surface area contributed by atoms with Gasteiger partial charge in [-0.05, 0) is 0 Å². The van der Waals surface area contributed by atoms with Crippen LogP contribution in [0, 0.1) is 0 Å². The first-order chi connectivity index (χ1) is 12.2. The minimum atomic E-state index is -1.79. The largest absolute Gasteiger partial charge is 0.463 e. The van der Waals surface area contributed by atoms with Gasteiger partial charge in [-0.2, -0.15) is 0 Å². The number of aliphatic hydroxyl groups is 7. The Morgan fingerprint density at radius 1 is 0.885 bits per heavy atom. The number of carbonyl (C=O) groups excluding carboxylic acids is 1. The summed E-state index contributed by atoms with van der Waals surface area (Å²) in [5.74, 6) is -0.649. The molecule has 0 spiro atoms. The van der Waals surface area contributed by atoms with Gasteiger partial charge in [0.05, 0.1) is 6.61 Å². The molecule has 0 saturated carbocycles. The zero-order chi connectivity index (χ0) is 19.6. The summed E-state index contributed by atoms with van der Waals surface area (Å²) >= 11 is 0. The van der Waals surface area contributed by atoms with Gasteiger partial charge in [0.25, 0.3) is 0 Å². The fraction of sp³-hybridized carbons (Fsp3) is 0.929. The molecule has 10 atom stereocenters. The fourth-order valence-corrected chi connectivity index (χ4v) is 2.74. The van der Waals surface area contributed by atoms with Gasteiger partial charge < -0.3 is 54.7 Å². The first-order valence-electron chi connectivity index (χ1n) is 7.96. The highest BCUT2D eigenvalue weighted by Gasteiger charge is 2.50. The summed E-state index contributed by atoms with van der Waals surface area (Å²) < 4.78 is 20.0. The van der Waals surface area contributed by atoms with Gasteiger partial charge in [-0.25, -0.2) is 0 Å². The molecule has 2 aliphatic heterocycles. The zero-order valence-electron chi connectivity index (χ0n) is 13.9. The maximum Gasteiger partial charge on any atom is 0.302 e. The van der Waals surface area contributed by atoms with Crippen LogP contribution in [0.1, 0.15) is 6.92 Å². The minimum absolute atomic E-state index is 0.419. The van der Waals surface area contributed by atoms with Gasteiger partial charge in [0.2, 0.25) is 0 Å². The van der Waals surface area contributed by atoms with Gasteiger partial charge in [0.1, 0.15) is 55.4 Å². The molecule has 0 bridgehead atoms. The summed E-state index contributed by atoms with van der Waals surface area (Å²) in [5, 5.41) is 68.7. The van der Waals surface area contributed by atoms with E-state index in [2.05, 4.69) is 4.74 Å². The van der Waals surface area contributed by atoms with Crippen LogP contribution in [-0.4, -0.2) is 116 Å². The predicted octanol–water partition coefficient (Wildman–Crippen LogP) is -4.83. The van der Waals surface area contributed by atoms with E-state index >= 15 is 0 Å². The van der Waals surface area contributed by atoms with Gasteiger partial charge in [-0.15, -0.1) is 0 Å². The summed E-state index contributed by atoms with van der Waals surface area (Å²) in [7, 11) is 0. The van der Waals surface area contributed by atoms with Gasteiger partial charge in [0, 0.05) is 6.92 Å². The molecule has 7 N–H and O–H groups in total. The maximum atomic E-state index is 10.8. The number of hydrogen-bond donors (Lipinski definition) is 7. The van der Waals surface area contributed by atoms with Crippen molar-refractivity contribution in [2.75, 3.05) is 13.2 Å². The summed E-state index contributed by atoms with van der Waals surface area (Å²) in [6.45, 7) is 0.0225. The molecule has 0 aromatic heterocycles. The molecule has 0 aromatic carbocycles. The molecule has 12 heteroatoms. The highest BCUT2D eigenvalue weighted by molar-refractivity contribution is 5.65. The van der Waals surface area contributed by atoms with Crippen LogP contribution >= 0.6 is 0 Å². The molecule has 0 aliphatic carbocycles. The van der Waals surface area contributed by atoms with Gasteiger partial charge in [0.15, 0.2) is 12.6 Å². The Balaban J connectivity index is 2.03. The van der Waals surface area contributed by atoms with E-state index in [9.17, 15) is 35.4 Å². The Morgan fingerprint density at radius 2 is 1.50 bits per heavy atom. The summed E-state index contributed by atoms with van der Waals surface area (Å²) in [4.78, 5) is 10.8. The Hall–Kier alpha value is -0.930. The number of esters is 1. The first kappa shape index (κ1) is 21.4. The highest BCUT2D eigenvalue weighted by Crippen LogP contribution is 2.28. The molecule has 0 amide bonds. The van der Waals surface area contributed by atoms with Crippen molar-refractivity contribution in [2.24, 2.45) is 0 Å². The first-order valence-corrected chi connectivity index (χ1v) is 7.96. The van der Waals surface area contributed by atoms with Crippen LogP contribution in [0.15, 0.2) is 0 Å². The summed E-state index contributed by atoms with van der Waals surface area (Å²) in [5.41, 5.74) is 0. The SMILES string of the molecule is CC(=O)OC[C@H]1O[C@H](O)[C@H](O[C@@H]2O[C@H](CO)[C@H](O)[C@H](O)[C@H]2O)[C@@H](O)[C@@H]1O. The van der Waals surface area contributed by atoms with Crippen molar-refractivity contribution in [3.63, 3.8) is 0 Å². The zero-order valence-corrected chi connectivity index (χ0v) is 13.9. The molecule has 2 saturated heterocycles. The maximum absolute atomic E-state index is 10.8. The lowest BCUT2D eigenvalue weighted by molar-refractivity contribution is -0.361. The molecule has 2 heterocycles. The second-order valence-corrected chi connectivity index (χ2v) is 6.15. The molecule has 12 nitrogen and oxygen atoms in total. The van der Waals surface area contributed by atoms with E-state index in [1.165, 1.54) is 0 Å². The average molecular weight is 384 g/mol. The van der Waals surface area contributed by atoms with Crippen LogP contribution in [0.2, 0.25) is 0 Å². The van der Waals surface area contributed by atoms with Gasteiger partial charge >= 0.3 is 5.97 Å². The van der Waals surface area contributed by atoms with Gasteiger partial charge in [-0.3, -0.25) is 4.79 Å². The Morgan fingerprint density at radius 3 is 2.08 bits per heavy atom. The lowest BCUT2D eigenvalue weighted by Gasteiger charge is -2.45. The van der Waals surface area contributed by atoms with E-state index in [1.54, 1.807) is 0 Å². The van der Waals surface area contributed by atoms with E-state index in [-0.39, 0.29) is 0 Å². The van der Waals surface area contributed by atoms with Crippen LogP contribution in [0.4, 0.5) is 0 Å². The number of carbonyl (C=O) groups is 1. The average Bonchev–Trinajstić information content (AvgIpc) is 2.60. The normalized spacial score (nSPS) is 46.8. The second-order valence-electron chi connectivity index (χ2n) is 6.15. The Bertz CT molecular complexity index is 473. The Kier molecular flexibility index (Phi) is 7.27. The molecular formula is C14H24O12. The minimum Gasteiger partial charge on any atom is -0.463 e. The number of aliphatic hydroxyl groups excluding tert-OH is 7. The van der Waals surface area contributed by atoms with Crippen LogP contribution in [0.25, 0.3) is 0 Å². The molecule has 2 rings (SSSR count). The fourth-order valence-electron chi connectivity index (χ4n) is 2.74. The van der Waals surface area contributed by atoms with Crippen molar-refractivity contribution in [3.05, 3.63) is 0 Å². The van der Waals surface area contributed by atoms with E-state index in [0.29, 0.717) is 0 Å². The molecular weight excluding hydrogens is 360 g/mol. The smallest absolute Gasteiger partial charge is 0.302 e. The predicted molar refractivity (Wildman–Crippen MR) is 78.2 cm³/mol. The van der Waals surface area contributed by atoms with Gasteiger partial charge in [-0.1, -0.05) is 0 Å². The van der Waals surface area contributed by atoms with Crippen molar-refractivity contribution >= 4 is 5.97 Å². The number of ether oxygens (including phenoxy) is 4. The highest BCUT2D eigenvalue weighted by atomic mass is 16.7. The molecule has 2 aliphatic rings. The van der Waals surface area contributed by atoms with Crippen LogP contribution < -0.4 is 0 Å². The Labute approximate surface area is 148 Å². The third-order valence-corrected chi connectivity index (χ3v) is 4.25. The van der Waals surface area contributed by atoms with E-state index in [1.807, 2.05) is 0 Å². The monoisotopic (exact) mass is 384 g/mol. The van der Waals surface area contributed by atoms with E-state index in [0.717, 1.165) is 6.92 Å². The molecule has 2 fully saturated rings. The molecule has 152 valence electrons. The molecule has 0 unspecified atom stereocenters. The van der Waals surface area contributed by atoms with E-state index < -0.39 is 80.6 Å². The van der Waals surface area contributed by atoms with Crippen molar-refractivity contribution in [3.8, 4) is 0 Å². The van der Waals surface area contributed by atoms with E-state index in [4.69, 9.17) is 19.3 Å². The summed E-state index contributed by atoms with van der Waals surface area (Å²) in [6, 6.07) is 0. The molecule has 0 aromatic rings. The molecule has 0 radical (unpaired) electrons. The van der Waals surface area contributed by atoms with Crippen LogP contribution in [0.3, 0.4) is 0 Å². The van der Waals surface area contributed by atoms with Crippen molar-refractivity contribution < 1.29 is 59.5 Å². The van der Waals surface area contributed by atoms with Crippen molar-refractivity contribution in [1.29, 1.82) is 0 Å². The quantitative estimate of drug-likeness (QED) is 0.224. The topological polar surface area (TPSA) is 196 Å². The third kappa shape index (κ3) is 4.48. The second kappa shape index (κ2) is 8.84. The van der Waals surface area contributed by atoms with Crippen LogP contribution in [-0.2, 0) is 23.7 Å². The standard InChI is InChI=1S/C14H24O12/c1-4(16)23-3-6-8(18)10(20)12(13(22)24-6)26-14-11(21)9(19)7(17)5(2-15)25-14/h5-15,17-22H,2-3H2,1H3/t5-,6-,7+,8-,9+,10+,11-,12-,13+,14+/m1/s1. The number of hydrogen-bond acceptors (Lipinski definition) is 12. The third-order valence-electron chi connectivity index (χ3n) is 4.25. The molecule has 26 heavy (non-hydrogen) atoms. The number of rotatable bonds is 5. The van der Waals surface area contributed by atoms with Crippen molar-refractivity contribution in [1.82, 2.24) is 0 Å². The summed E-state index contributed by atoms with van der Waals surface area (Å²) in [6.07, 6.45) is -15.9. The lowest BCUT2D eigenvalue weighted by Crippen LogP contribution is -2.64. The lowest BCUT2D eigenvalue weighted by atomic mass is 9.97.